The molecule has 1 atom stereocenters. The van der Waals surface area contributed by atoms with Crippen molar-refractivity contribution in [3.05, 3.63) is 58.5 Å². The van der Waals surface area contributed by atoms with E-state index in [1.807, 2.05) is 31.2 Å². The highest BCUT2D eigenvalue weighted by atomic mass is 16.3. The molecule has 1 aliphatic rings. The second-order valence-corrected chi connectivity index (χ2v) is 5.70. The van der Waals surface area contributed by atoms with Gasteiger partial charge in [-0.05, 0) is 43.9 Å². The Bertz CT molecular complexity index is 689. The van der Waals surface area contributed by atoms with Crippen LogP contribution in [0.5, 0.6) is 0 Å². The molecule has 1 unspecified atom stereocenters. The molecule has 0 fully saturated rings. The molecule has 2 aromatic rings. The Labute approximate surface area is 123 Å². The quantitative estimate of drug-likeness (QED) is 0.910. The lowest BCUT2D eigenvalue weighted by atomic mass is 9.96. The van der Waals surface area contributed by atoms with Crippen LogP contribution in [-0.4, -0.2) is 17.6 Å². The van der Waals surface area contributed by atoms with Gasteiger partial charge in [-0.15, -0.1) is 0 Å². The zero-order valence-electron chi connectivity index (χ0n) is 12.3. The van der Waals surface area contributed by atoms with Crippen molar-refractivity contribution in [2.75, 3.05) is 6.54 Å². The Hall–Kier alpha value is -2.07. The lowest BCUT2D eigenvalue weighted by Gasteiger charge is -2.24. The summed E-state index contributed by atoms with van der Waals surface area (Å²) in [6.07, 6.45) is 1.47. The van der Waals surface area contributed by atoms with Crippen molar-refractivity contribution >= 4 is 5.91 Å². The summed E-state index contributed by atoms with van der Waals surface area (Å²) in [7, 11) is 0. The van der Waals surface area contributed by atoms with Gasteiger partial charge in [-0.2, -0.15) is 0 Å². The van der Waals surface area contributed by atoms with E-state index in [0.717, 1.165) is 17.5 Å². The Kier molecular flexibility index (Phi) is 3.33. The average Bonchev–Trinajstić information content (AvgIpc) is 2.98. The van der Waals surface area contributed by atoms with Crippen LogP contribution in [0.2, 0.25) is 0 Å². The number of carbonyl (C=O) groups excluding carboxylic acids is 1. The third kappa shape index (κ3) is 2.47. The van der Waals surface area contributed by atoms with Gasteiger partial charge in [0, 0.05) is 0 Å². The van der Waals surface area contributed by atoms with Crippen molar-refractivity contribution < 1.29 is 14.3 Å². The van der Waals surface area contributed by atoms with Crippen LogP contribution in [0.4, 0.5) is 0 Å². The number of aryl methyl sites for hydroxylation is 3. The maximum absolute atomic E-state index is 12.2. The SMILES string of the molecule is Cc1cc(C(=O)NCC2(O)CCc3ccccc32)c(C)o1. The maximum atomic E-state index is 12.2. The molecular weight excluding hydrogens is 266 g/mol. The highest BCUT2D eigenvalue weighted by Crippen LogP contribution is 2.36. The van der Waals surface area contributed by atoms with Gasteiger partial charge < -0.3 is 14.8 Å². The normalized spacial score (nSPS) is 20.3. The van der Waals surface area contributed by atoms with E-state index in [0.29, 0.717) is 23.5 Å². The van der Waals surface area contributed by atoms with Crippen molar-refractivity contribution in [2.45, 2.75) is 32.3 Å². The summed E-state index contributed by atoms with van der Waals surface area (Å²) in [4.78, 5) is 12.2. The van der Waals surface area contributed by atoms with Crippen molar-refractivity contribution in [1.29, 1.82) is 0 Å². The number of hydrogen-bond donors (Lipinski definition) is 2. The molecule has 1 heterocycles. The maximum Gasteiger partial charge on any atom is 0.254 e. The van der Waals surface area contributed by atoms with E-state index >= 15 is 0 Å². The Balaban J connectivity index is 1.74. The first kappa shape index (κ1) is 13.9. The minimum Gasteiger partial charge on any atom is -0.466 e. The van der Waals surface area contributed by atoms with Gasteiger partial charge in [-0.1, -0.05) is 24.3 Å². The Morgan fingerprint density at radius 3 is 2.86 bits per heavy atom. The molecular formula is C17H19NO3. The lowest BCUT2D eigenvalue weighted by molar-refractivity contribution is 0.0369. The molecule has 2 N–H and O–H groups in total. The van der Waals surface area contributed by atoms with Gasteiger partial charge in [-0.25, -0.2) is 0 Å². The van der Waals surface area contributed by atoms with Crippen molar-refractivity contribution in [3.8, 4) is 0 Å². The van der Waals surface area contributed by atoms with E-state index < -0.39 is 5.60 Å². The fourth-order valence-electron chi connectivity index (χ4n) is 3.03. The third-order valence-corrected chi connectivity index (χ3v) is 4.15. The zero-order valence-corrected chi connectivity index (χ0v) is 12.3. The first-order valence-electron chi connectivity index (χ1n) is 7.15. The van der Waals surface area contributed by atoms with E-state index in [4.69, 9.17) is 4.42 Å². The first-order chi connectivity index (χ1) is 9.99. The van der Waals surface area contributed by atoms with Gasteiger partial charge in [0.25, 0.3) is 5.91 Å². The fraction of sp³-hybridized carbons (Fsp3) is 0.353. The van der Waals surface area contributed by atoms with E-state index in [1.165, 1.54) is 0 Å². The lowest BCUT2D eigenvalue weighted by Crippen LogP contribution is -2.39. The monoisotopic (exact) mass is 285 g/mol. The topological polar surface area (TPSA) is 62.5 Å². The molecule has 1 amide bonds. The number of nitrogens with one attached hydrogen (secondary N) is 1. The number of aliphatic hydroxyl groups is 1. The van der Waals surface area contributed by atoms with E-state index in [1.54, 1.807) is 13.0 Å². The number of amides is 1. The van der Waals surface area contributed by atoms with E-state index in [2.05, 4.69) is 5.32 Å². The number of furan rings is 1. The molecule has 1 aromatic heterocycles. The standard InChI is InChI=1S/C17H19NO3/c1-11-9-14(12(2)21-11)16(19)18-10-17(20)8-7-13-5-3-4-6-15(13)17/h3-6,9,20H,7-8,10H2,1-2H3,(H,18,19). The van der Waals surface area contributed by atoms with E-state index in [-0.39, 0.29) is 12.5 Å². The van der Waals surface area contributed by atoms with E-state index in [9.17, 15) is 9.90 Å². The first-order valence-corrected chi connectivity index (χ1v) is 7.15. The average molecular weight is 285 g/mol. The molecule has 0 saturated heterocycles. The highest BCUT2D eigenvalue weighted by Gasteiger charge is 2.36. The number of fused-ring (bicyclic) bond motifs is 1. The molecule has 4 heteroatoms. The second kappa shape index (κ2) is 5.04. The number of carbonyl (C=O) groups is 1. The van der Waals surface area contributed by atoms with Gasteiger partial charge in [0.2, 0.25) is 0 Å². The smallest absolute Gasteiger partial charge is 0.254 e. The van der Waals surface area contributed by atoms with Crippen LogP contribution in [0.25, 0.3) is 0 Å². The highest BCUT2D eigenvalue weighted by molar-refractivity contribution is 5.95. The molecule has 4 nitrogen and oxygen atoms in total. The van der Waals surface area contributed by atoms with Gasteiger partial charge in [0.1, 0.15) is 17.1 Å². The van der Waals surface area contributed by atoms with Crippen LogP contribution in [0.1, 0.15) is 39.4 Å². The molecule has 1 aliphatic carbocycles. The molecule has 0 bridgehead atoms. The van der Waals surface area contributed by atoms with Crippen molar-refractivity contribution in [2.24, 2.45) is 0 Å². The van der Waals surface area contributed by atoms with Gasteiger partial charge >= 0.3 is 0 Å². The van der Waals surface area contributed by atoms with Crippen molar-refractivity contribution in [1.82, 2.24) is 5.32 Å². The Morgan fingerprint density at radius 1 is 1.38 bits per heavy atom. The summed E-state index contributed by atoms with van der Waals surface area (Å²) in [5.41, 5.74) is 1.64. The van der Waals surface area contributed by atoms with Crippen LogP contribution >= 0.6 is 0 Å². The predicted octanol–water partition coefficient (Wildman–Crippen LogP) is 2.46. The largest absolute Gasteiger partial charge is 0.466 e. The van der Waals surface area contributed by atoms with Crippen molar-refractivity contribution in [3.63, 3.8) is 0 Å². The summed E-state index contributed by atoms with van der Waals surface area (Å²) in [5.74, 6) is 1.11. The molecule has 0 saturated carbocycles. The third-order valence-electron chi connectivity index (χ3n) is 4.15. The predicted molar refractivity (Wildman–Crippen MR) is 79.2 cm³/mol. The minimum absolute atomic E-state index is 0.206. The fourth-order valence-corrected chi connectivity index (χ4v) is 3.03. The molecule has 110 valence electrons. The summed E-state index contributed by atoms with van der Waals surface area (Å²) in [6, 6.07) is 9.57. The summed E-state index contributed by atoms with van der Waals surface area (Å²) >= 11 is 0. The van der Waals surface area contributed by atoms with Crippen LogP contribution in [0, 0.1) is 13.8 Å². The summed E-state index contributed by atoms with van der Waals surface area (Å²) < 4.78 is 5.37. The van der Waals surface area contributed by atoms with Gasteiger partial charge in [-0.3, -0.25) is 4.79 Å². The minimum atomic E-state index is -0.973. The molecule has 0 aliphatic heterocycles. The second-order valence-electron chi connectivity index (χ2n) is 5.70. The summed E-state index contributed by atoms with van der Waals surface area (Å²) in [5, 5.41) is 13.6. The van der Waals surface area contributed by atoms with Gasteiger partial charge in [0.05, 0.1) is 12.1 Å². The molecule has 0 spiro atoms. The molecule has 1 aromatic carbocycles. The zero-order chi connectivity index (χ0) is 15.0. The van der Waals surface area contributed by atoms with Crippen LogP contribution in [0.15, 0.2) is 34.7 Å². The number of benzene rings is 1. The molecule has 21 heavy (non-hydrogen) atoms. The molecule has 3 rings (SSSR count). The Morgan fingerprint density at radius 2 is 2.14 bits per heavy atom. The number of hydrogen-bond acceptors (Lipinski definition) is 3. The van der Waals surface area contributed by atoms with Gasteiger partial charge in [0.15, 0.2) is 0 Å². The van der Waals surface area contributed by atoms with Crippen LogP contribution in [-0.2, 0) is 12.0 Å². The molecule has 0 radical (unpaired) electrons. The van der Waals surface area contributed by atoms with Crippen LogP contribution < -0.4 is 5.32 Å². The number of rotatable bonds is 3. The van der Waals surface area contributed by atoms with Crippen LogP contribution in [0.3, 0.4) is 0 Å². The summed E-state index contributed by atoms with van der Waals surface area (Å²) in [6.45, 7) is 3.79.